The second-order valence-corrected chi connectivity index (χ2v) is 8.08. The van der Waals surface area contributed by atoms with Crippen LogP contribution in [0.5, 0.6) is 11.5 Å². The lowest BCUT2D eigenvalue weighted by Gasteiger charge is -2.29. The van der Waals surface area contributed by atoms with Gasteiger partial charge in [0.05, 0.1) is 12.4 Å². The molecule has 0 saturated carbocycles. The Morgan fingerprint density at radius 3 is 2.45 bits per heavy atom. The largest absolute Gasteiger partial charge is 0.508 e. The first-order valence-electron chi connectivity index (χ1n) is 10.7. The third-order valence-corrected chi connectivity index (χ3v) is 6.08. The number of aryl methyl sites for hydroxylation is 1. The van der Waals surface area contributed by atoms with Gasteiger partial charge >= 0.3 is 0 Å². The number of nitrogens with zero attached hydrogens (tertiary/aromatic N) is 3. The van der Waals surface area contributed by atoms with Gasteiger partial charge in [0.25, 0.3) is 5.91 Å². The zero-order chi connectivity index (χ0) is 22.9. The van der Waals surface area contributed by atoms with E-state index in [0.29, 0.717) is 36.2 Å². The van der Waals surface area contributed by atoms with Crippen molar-refractivity contribution in [1.29, 1.82) is 0 Å². The molecule has 2 heterocycles. The molecule has 0 aliphatic carbocycles. The van der Waals surface area contributed by atoms with Gasteiger partial charge in [-0.1, -0.05) is 42.5 Å². The summed E-state index contributed by atoms with van der Waals surface area (Å²) in [5.41, 5.74) is 1.58. The number of hydrogen-bond acceptors (Lipinski definition) is 5. The Morgan fingerprint density at radius 2 is 1.70 bits per heavy atom. The number of carbonyl (C=O) groups excluding carboxylic acids is 1. The Balaban J connectivity index is 1.62. The van der Waals surface area contributed by atoms with Crippen molar-refractivity contribution in [3.8, 4) is 11.5 Å². The number of rotatable bonds is 6. The number of aromatic nitrogens is 2. The number of aliphatic hydroxyl groups excluding tert-OH is 1. The lowest BCUT2D eigenvalue weighted by molar-refractivity contribution is -0.129. The van der Waals surface area contributed by atoms with E-state index in [1.807, 2.05) is 41.1 Å². The van der Waals surface area contributed by atoms with Crippen LogP contribution in [0.25, 0.3) is 16.3 Å². The summed E-state index contributed by atoms with van der Waals surface area (Å²) in [6.07, 6.45) is 5.92. The van der Waals surface area contributed by atoms with Gasteiger partial charge in [0.15, 0.2) is 5.76 Å². The number of phenolic OH excluding ortho intramolecular Hbond substituents is 2. The molecule has 7 nitrogen and oxygen atoms in total. The van der Waals surface area contributed by atoms with Gasteiger partial charge in [-0.15, -0.1) is 0 Å². The highest BCUT2D eigenvalue weighted by Crippen LogP contribution is 2.48. The molecule has 4 aromatic rings. The number of hydrogen-bond donors (Lipinski definition) is 3. The molecule has 0 fully saturated rings. The molecule has 1 aromatic heterocycles. The van der Waals surface area contributed by atoms with Crippen molar-refractivity contribution in [2.24, 2.45) is 0 Å². The monoisotopic (exact) mass is 441 g/mol. The normalized spacial score (nSPS) is 16.2. The molecule has 166 valence electrons. The van der Waals surface area contributed by atoms with Crippen LogP contribution in [0.15, 0.2) is 85.1 Å². The Morgan fingerprint density at radius 1 is 0.909 bits per heavy atom. The molecule has 0 radical (unpaired) electrons. The molecule has 0 saturated heterocycles. The van der Waals surface area contributed by atoms with Gasteiger partial charge in [-0.25, -0.2) is 4.98 Å². The minimum absolute atomic E-state index is 0.0529. The molecule has 33 heavy (non-hydrogen) atoms. The van der Waals surface area contributed by atoms with Crippen LogP contribution in [-0.4, -0.2) is 42.2 Å². The third-order valence-electron chi connectivity index (χ3n) is 6.08. The summed E-state index contributed by atoms with van der Waals surface area (Å²) in [7, 11) is 0. The van der Waals surface area contributed by atoms with Crippen LogP contribution in [0.3, 0.4) is 0 Å². The lowest BCUT2D eigenvalue weighted by Crippen LogP contribution is -2.32. The van der Waals surface area contributed by atoms with Crippen molar-refractivity contribution in [1.82, 2.24) is 14.5 Å². The molecule has 1 unspecified atom stereocenters. The summed E-state index contributed by atoms with van der Waals surface area (Å²) in [5.74, 6) is -0.691. The third kappa shape index (κ3) is 3.67. The van der Waals surface area contributed by atoms with E-state index < -0.39 is 11.9 Å². The van der Waals surface area contributed by atoms with E-state index in [-0.39, 0.29) is 17.3 Å². The summed E-state index contributed by atoms with van der Waals surface area (Å²) in [4.78, 5) is 18.9. The molecule has 0 spiro atoms. The van der Waals surface area contributed by atoms with Gasteiger partial charge in [-0.05, 0) is 41.0 Å². The fourth-order valence-corrected chi connectivity index (χ4v) is 4.53. The van der Waals surface area contributed by atoms with Crippen LogP contribution in [0, 0.1) is 0 Å². The van der Waals surface area contributed by atoms with E-state index in [1.54, 1.807) is 35.6 Å². The molecular weight excluding hydrogens is 418 g/mol. The topological polar surface area (TPSA) is 98.8 Å². The molecule has 3 aromatic carbocycles. The highest BCUT2D eigenvalue weighted by Gasteiger charge is 2.42. The number of fused-ring (bicyclic) bond motifs is 1. The van der Waals surface area contributed by atoms with Crippen LogP contribution >= 0.6 is 0 Å². The first kappa shape index (κ1) is 20.6. The predicted octanol–water partition coefficient (Wildman–Crippen LogP) is 4.39. The average Bonchev–Trinajstić information content (AvgIpc) is 3.42. The highest BCUT2D eigenvalue weighted by atomic mass is 16.3. The van der Waals surface area contributed by atoms with Crippen LogP contribution in [-0.2, 0) is 11.3 Å². The summed E-state index contributed by atoms with van der Waals surface area (Å²) < 4.78 is 1.93. The maximum Gasteiger partial charge on any atom is 0.289 e. The molecular formula is C26H23N3O4. The van der Waals surface area contributed by atoms with Crippen LogP contribution in [0.4, 0.5) is 0 Å². The minimum Gasteiger partial charge on any atom is -0.508 e. The zero-order valence-electron chi connectivity index (χ0n) is 17.8. The Hall–Kier alpha value is -4.26. The van der Waals surface area contributed by atoms with Gasteiger partial charge in [0.1, 0.15) is 11.5 Å². The van der Waals surface area contributed by atoms with Crippen molar-refractivity contribution >= 4 is 22.3 Å². The highest BCUT2D eigenvalue weighted by molar-refractivity contribution is 6.07. The van der Waals surface area contributed by atoms with Gasteiger partial charge in [-0.2, -0.15) is 0 Å². The van der Waals surface area contributed by atoms with Gasteiger partial charge in [0, 0.05) is 36.6 Å². The summed E-state index contributed by atoms with van der Waals surface area (Å²) in [5, 5.41) is 33.4. The number of imidazole rings is 1. The fourth-order valence-electron chi connectivity index (χ4n) is 4.53. The van der Waals surface area contributed by atoms with E-state index in [0.717, 1.165) is 10.8 Å². The first-order valence-corrected chi connectivity index (χ1v) is 10.7. The predicted molar refractivity (Wildman–Crippen MR) is 125 cm³/mol. The SMILES string of the molecule is O=C1C(O)=C(c2ccc(O)cc2)C(c2c(O)ccc3ccccc23)N1CCCn1ccnc1. The van der Waals surface area contributed by atoms with E-state index >= 15 is 0 Å². The first-order chi connectivity index (χ1) is 16.0. The van der Waals surface area contributed by atoms with E-state index in [1.165, 1.54) is 12.1 Å². The average molecular weight is 441 g/mol. The van der Waals surface area contributed by atoms with E-state index in [4.69, 9.17) is 0 Å². The quantitative estimate of drug-likeness (QED) is 0.412. The smallest absolute Gasteiger partial charge is 0.289 e. The number of aliphatic hydroxyl groups is 1. The maximum absolute atomic E-state index is 13.2. The van der Waals surface area contributed by atoms with Crippen molar-refractivity contribution in [2.75, 3.05) is 6.54 Å². The fraction of sp³-hybridized carbons (Fsp3) is 0.154. The number of carbonyl (C=O) groups is 1. The van der Waals surface area contributed by atoms with Gasteiger partial charge < -0.3 is 24.8 Å². The molecule has 3 N–H and O–H groups in total. The lowest BCUT2D eigenvalue weighted by atomic mass is 9.89. The Bertz CT molecular complexity index is 1340. The molecule has 5 rings (SSSR count). The summed E-state index contributed by atoms with van der Waals surface area (Å²) in [6, 6.07) is 16.8. The van der Waals surface area contributed by atoms with Gasteiger partial charge in [0.2, 0.25) is 0 Å². The minimum atomic E-state index is -0.684. The second-order valence-electron chi connectivity index (χ2n) is 8.08. The molecule has 0 bridgehead atoms. The standard InChI is InChI=1S/C26H23N3O4/c30-19-9-6-18(7-10-19)22-24(23-20-5-2-1-4-17(20)8-11-21(23)31)29(26(33)25(22)32)14-3-13-28-15-12-27-16-28/h1-2,4-12,15-16,24,30-32H,3,13-14H2. The second kappa shape index (κ2) is 8.35. The summed E-state index contributed by atoms with van der Waals surface area (Å²) in [6.45, 7) is 1.03. The summed E-state index contributed by atoms with van der Waals surface area (Å²) >= 11 is 0. The number of phenols is 2. The van der Waals surface area contributed by atoms with Crippen molar-refractivity contribution < 1.29 is 20.1 Å². The van der Waals surface area contributed by atoms with Crippen LogP contribution in [0.2, 0.25) is 0 Å². The molecule has 1 amide bonds. The van der Waals surface area contributed by atoms with Crippen molar-refractivity contribution in [2.45, 2.75) is 19.0 Å². The molecule has 1 atom stereocenters. The maximum atomic E-state index is 13.2. The zero-order valence-corrected chi connectivity index (χ0v) is 17.8. The van der Waals surface area contributed by atoms with E-state index in [9.17, 15) is 20.1 Å². The number of aromatic hydroxyl groups is 2. The molecule has 1 aliphatic rings. The number of benzene rings is 3. The Kier molecular flexibility index (Phi) is 5.22. The molecule has 1 aliphatic heterocycles. The number of amides is 1. The van der Waals surface area contributed by atoms with Crippen LogP contribution in [0.1, 0.15) is 23.6 Å². The van der Waals surface area contributed by atoms with Gasteiger partial charge in [-0.3, -0.25) is 4.79 Å². The van der Waals surface area contributed by atoms with Crippen molar-refractivity contribution in [3.05, 3.63) is 96.3 Å². The Labute approximate surface area is 190 Å². The van der Waals surface area contributed by atoms with E-state index in [2.05, 4.69) is 4.98 Å². The van der Waals surface area contributed by atoms with Crippen LogP contribution < -0.4 is 0 Å². The van der Waals surface area contributed by atoms with Crippen molar-refractivity contribution in [3.63, 3.8) is 0 Å². The molecule has 7 heteroatoms.